The van der Waals surface area contributed by atoms with Crippen molar-refractivity contribution in [2.45, 2.75) is 40.0 Å². The maximum Gasteiger partial charge on any atom is 0.262 e. The van der Waals surface area contributed by atoms with Crippen molar-refractivity contribution in [3.05, 3.63) is 41.2 Å². The zero-order chi connectivity index (χ0) is 17.2. The molecule has 2 rings (SSSR count). The van der Waals surface area contributed by atoms with Crippen LogP contribution in [0, 0.1) is 13.8 Å². The molecule has 0 aliphatic rings. The SMILES string of the molecule is Cc1nn(C)c(C)c1NC(=O)COc1ccc(C(C)(C)C)cc1. The molecule has 0 spiro atoms. The minimum atomic E-state index is -0.191. The van der Waals surface area contributed by atoms with Gasteiger partial charge in [0.25, 0.3) is 5.91 Å². The molecule has 0 fully saturated rings. The second kappa shape index (κ2) is 6.44. The van der Waals surface area contributed by atoms with E-state index in [2.05, 4.69) is 31.2 Å². The predicted octanol–water partition coefficient (Wildman–Crippen LogP) is 3.35. The van der Waals surface area contributed by atoms with Crippen molar-refractivity contribution >= 4 is 11.6 Å². The van der Waals surface area contributed by atoms with Gasteiger partial charge in [0.15, 0.2) is 6.61 Å². The highest BCUT2D eigenvalue weighted by Crippen LogP contribution is 2.24. The first-order valence-corrected chi connectivity index (χ1v) is 7.72. The molecule has 124 valence electrons. The van der Waals surface area contributed by atoms with Crippen molar-refractivity contribution in [1.82, 2.24) is 9.78 Å². The standard InChI is InChI=1S/C18H25N3O2/c1-12-17(13(2)21(6)20-12)19-16(22)11-23-15-9-7-14(8-10-15)18(3,4)5/h7-10H,11H2,1-6H3,(H,19,22). The largest absolute Gasteiger partial charge is 0.484 e. The molecule has 0 saturated carbocycles. The fraction of sp³-hybridized carbons (Fsp3) is 0.444. The summed E-state index contributed by atoms with van der Waals surface area (Å²) < 4.78 is 7.30. The summed E-state index contributed by atoms with van der Waals surface area (Å²) in [6.07, 6.45) is 0. The molecule has 1 N–H and O–H groups in total. The molecule has 0 bridgehead atoms. The predicted molar refractivity (Wildman–Crippen MR) is 91.9 cm³/mol. The first-order chi connectivity index (χ1) is 10.7. The van der Waals surface area contributed by atoms with Crippen LogP contribution < -0.4 is 10.1 Å². The first-order valence-electron chi connectivity index (χ1n) is 7.72. The molecular formula is C18H25N3O2. The van der Waals surface area contributed by atoms with Crippen molar-refractivity contribution in [1.29, 1.82) is 0 Å². The highest BCUT2D eigenvalue weighted by molar-refractivity contribution is 5.93. The number of rotatable bonds is 4. The number of carbonyl (C=O) groups excluding carboxylic acids is 1. The van der Waals surface area contributed by atoms with E-state index in [1.165, 1.54) is 5.56 Å². The monoisotopic (exact) mass is 315 g/mol. The summed E-state index contributed by atoms with van der Waals surface area (Å²) in [5.74, 6) is 0.497. The molecule has 0 radical (unpaired) electrons. The highest BCUT2D eigenvalue weighted by Gasteiger charge is 2.14. The molecule has 1 heterocycles. The number of amides is 1. The smallest absolute Gasteiger partial charge is 0.262 e. The van der Waals surface area contributed by atoms with Crippen LogP contribution >= 0.6 is 0 Å². The van der Waals surface area contributed by atoms with Gasteiger partial charge in [0.2, 0.25) is 0 Å². The summed E-state index contributed by atoms with van der Waals surface area (Å²) >= 11 is 0. The van der Waals surface area contributed by atoms with Gasteiger partial charge in [0, 0.05) is 7.05 Å². The Kier molecular flexibility index (Phi) is 4.78. The van der Waals surface area contributed by atoms with Gasteiger partial charge in [-0.15, -0.1) is 0 Å². The van der Waals surface area contributed by atoms with Crippen molar-refractivity contribution in [3.8, 4) is 5.75 Å². The van der Waals surface area contributed by atoms with Crippen LogP contribution in [0.5, 0.6) is 5.75 Å². The van der Waals surface area contributed by atoms with Crippen LogP contribution in [0.1, 0.15) is 37.7 Å². The summed E-state index contributed by atoms with van der Waals surface area (Å²) in [6, 6.07) is 7.86. The Labute approximate surface area is 137 Å². The van der Waals surface area contributed by atoms with Crippen LogP contribution in [0.25, 0.3) is 0 Å². The zero-order valence-corrected chi connectivity index (χ0v) is 14.7. The molecule has 0 atom stereocenters. The molecular weight excluding hydrogens is 290 g/mol. The Balaban J connectivity index is 1.94. The van der Waals surface area contributed by atoms with Gasteiger partial charge in [-0.25, -0.2) is 0 Å². The summed E-state index contributed by atoms with van der Waals surface area (Å²) in [5, 5.41) is 7.13. The van der Waals surface area contributed by atoms with Crippen LogP contribution in [0.3, 0.4) is 0 Å². The van der Waals surface area contributed by atoms with Crippen molar-refractivity contribution < 1.29 is 9.53 Å². The Hall–Kier alpha value is -2.30. The maximum atomic E-state index is 12.1. The molecule has 23 heavy (non-hydrogen) atoms. The average Bonchev–Trinajstić information content (AvgIpc) is 2.71. The lowest BCUT2D eigenvalue weighted by molar-refractivity contribution is -0.118. The van der Waals surface area contributed by atoms with Gasteiger partial charge in [-0.3, -0.25) is 9.48 Å². The minimum Gasteiger partial charge on any atom is -0.484 e. The molecule has 5 nitrogen and oxygen atoms in total. The van der Waals surface area contributed by atoms with E-state index in [1.54, 1.807) is 4.68 Å². The van der Waals surface area contributed by atoms with Gasteiger partial charge in [0.1, 0.15) is 5.75 Å². The Morgan fingerprint density at radius 2 is 1.83 bits per heavy atom. The Bertz CT molecular complexity index is 694. The topological polar surface area (TPSA) is 56.2 Å². The van der Waals surface area contributed by atoms with Crippen molar-refractivity contribution in [3.63, 3.8) is 0 Å². The van der Waals surface area contributed by atoms with E-state index in [4.69, 9.17) is 4.74 Å². The molecule has 1 amide bonds. The van der Waals surface area contributed by atoms with Crippen LogP contribution in [-0.2, 0) is 17.3 Å². The second-order valence-electron chi connectivity index (χ2n) is 6.78. The normalized spacial score (nSPS) is 11.4. The van der Waals surface area contributed by atoms with E-state index < -0.39 is 0 Å². The molecule has 0 aliphatic heterocycles. The number of anilines is 1. The lowest BCUT2D eigenvalue weighted by Crippen LogP contribution is -2.21. The van der Waals surface area contributed by atoms with E-state index >= 15 is 0 Å². The van der Waals surface area contributed by atoms with Crippen LogP contribution in [0.2, 0.25) is 0 Å². The van der Waals surface area contributed by atoms with Crippen LogP contribution in [0.4, 0.5) is 5.69 Å². The van der Waals surface area contributed by atoms with Gasteiger partial charge in [0.05, 0.1) is 17.1 Å². The van der Waals surface area contributed by atoms with Crippen LogP contribution in [0.15, 0.2) is 24.3 Å². The summed E-state index contributed by atoms with van der Waals surface area (Å²) in [5.41, 5.74) is 3.81. The second-order valence-corrected chi connectivity index (χ2v) is 6.78. The zero-order valence-electron chi connectivity index (χ0n) is 14.7. The molecule has 0 saturated heterocycles. The number of benzene rings is 1. The molecule has 0 aliphatic carbocycles. The Morgan fingerprint density at radius 3 is 2.30 bits per heavy atom. The highest BCUT2D eigenvalue weighted by atomic mass is 16.5. The summed E-state index contributed by atoms with van der Waals surface area (Å²) in [6.45, 7) is 10.2. The number of nitrogens with one attached hydrogen (secondary N) is 1. The number of nitrogens with zero attached hydrogens (tertiary/aromatic N) is 2. The third-order valence-corrected chi connectivity index (χ3v) is 3.86. The fourth-order valence-electron chi connectivity index (χ4n) is 2.33. The van der Waals surface area contributed by atoms with Gasteiger partial charge in [-0.05, 0) is 37.0 Å². The molecule has 1 aromatic carbocycles. The summed E-state index contributed by atoms with van der Waals surface area (Å²) in [7, 11) is 1.85. The van der Waals surface area contributed by atoms with Gasteiger partial charge in [-0.2, -0.15) is 5.10 Å². The van der Waals surface area contributed by atoms with Gasteiger partial charge >= 0.3 is 0 Å². The molecule has 0 unspecified atom stereocenters. The fourth-order valence-corrected chi connectivity index (χ4v) is 2.33. The minimum absolute atomic E-state index is 0.0252. The molecule has 2 aromatic rings. The molecule has 1 aromatic heterocycles. The van der Waals surface area contributed by atoms with Gasteiger partial charge < -0.3 is 10.1 Å². The molecule has 5 heteroatoms. The number of ether oxygens (including phenoxy) is 1. The first kappa shape index (κ1) is 17.1. The number of carbonyl (C=O) groups is 1. The van der Waals surface area contributed by atoms with Crippen LogP contribution in [-0.4, -0.2) is 22.3 Å². The lowest BCUT2D eigenvalue weighted by Gasteiger charge is -2.19. The van der Waals surface area contributed by atoms with E-state index in [0.717, 1.165) is 17.1 Å². The number of aryl methyl sites for hydroxylation is 2. The van der Waals surface area contributed by atoms with E-state index in [9.17, 15) is 4.79 Å². The number of hydrogen-bond acceptors (Lipinski definition) is 3. The van der Waals surface area contributed by atoms with Gasteiger partial charge in [-0.1, -0.05) is 32.9 Å². The van der Waals surface area contributed by atoms with Crippen molar-refractivity contribution in [2.75, 3.05) is 11.9 Å². The number of hydrogen-bond donors (Lipinski definition) is 1. The summed E-state index contributed by atoms with van der Waals surface area (Å²) in [4.78, 5) is 12.1. The van der Waals surface area contributed by atoms with E-state index in [-0.39, 0.29) is 17.9 Å². The van der Waals surface area contributed by atoms with E-state index in [0.29, 0.717) is 5.75 Å². The number of aromatic nitrogens is 2. The quantitative estimate of drug-likeness (QED) is 0.941. The maximum absolute atomic E-state index is 12.1. The van der Waals surface area contributed by atoms with Crippen molar-refractivity contribution in [2.24, 2.45) is 7.05 Å². The third-order valence-electron chi connectivity index (χ3n) is 3.86. The third kappa shape index (κ3) is 4.12. The average molecular weight is 315 g/mol. The Morgan fingerprint density at radius 1 is 1.22 bits per heavy atom. The van der Waals surface area contributed by atoms with E-state index in [1.807, 2.05) is 45.2 Å². The lowest BCUT2D eigenvalue weighted by atomic mass is 9.87.